The average molecular weight is 198 g/mol. The topological polar surface area (TPSA) is 41.6 Å². The minimum atomic E-state index is 0.204. The van der Waals surface area contributed by atoms with E-state index in [-0.39, 0.29) is 12.0 Å². The zero-order chi connectivity index (χ0) is 9.97. The molecule has 2 rings (SSSR count). The van der Waals surface area contributed by atoms with Gasteiger partial charge in [0.1, 0.15) is 0 Å². The van der Waals surface area contributed by atoms with Gasteiger partial charge in [0.2, 0.25) is 5.91 Å². The van der Waals surface area contributed by atoms with Crippen molar-refractivity contribution >= 4 is 5.91 Å². The molecule has 1 unspecified atom stereocenters. The predicted molar refractivity (Wildman–Crippen MR) is 53.0 cm³/mol. The lowest BCUT2D eigenvalue weighted by molar-refractivity contribution is -0.142. The molecular weight excluding hydrogens is 180 g/mol. The number of amides is 1. The van der Waals surface area contributed by atoms with Crippen molar-refractivity contribution in [3.63, 3.8) is 0 Å². The van der Waals surface area contributed by atoms with Crippen molar-refractivity contribution in [1.82, 2.24) is 10.2 Å². The molecule has 0 aliphatic carbocycles. The molecule has 0 radical (unpaired) electrons. The fourth-order valence-electron chi connectivity index (χ4n) is 2.15. The maximum atomic E-state index is 12.0. The fraction of sp³-hybridized carbons (Fsp3) is 0.900. The van der Waals surface area contributed by atoms with Crippen LogP contribution >= 0.6 is 0 Å². The Morgan fingerprint density at radius 1 is 1.57 bits per heavy atom. The van der Waals surface area contributed by atoms with Crippen LogP contribution in [0.15, 0.2) is 0 Å². The summed E-state index contributed by atoms with van der Waals surface area (Å²) in [7, 11) is 0. The summed E-state index contributed by atoms with van der Waals surface area (Å²) >= 11 is 0. The molecule has 14 heavy (non-hydrogen) atoms. The third-order valence-corrected chi connectivity index (χ3v) is 3.06. The molecule has 4 heteroatoms. The van der Waals surface area contributed by atoms with Gasteiger partial charge in [0.15, 0.2) is 0 Å². The molecule has 0 aromatic carbocycles. The van der Waals surface area contributed by atoms with E-state index in [2.05, 4.69) is 12.2 Å². The molecule has 0 saturated carbocycles. The lowest BCUT2D eigenvalue weighted by Gasteiger charge is -2.34. The molecule has 0 aromatic rings. The zero-order valence-corrected chi connectivity index (χ0v) is 8.66. The summed E-state index contributed by atoms with van der Waals surface area (Å²) in [4.78, 5) is 14.0. The zero-order valence-electron chi connectivity index (χ0n) is 8.66. The summed E-state index contributed by atoms with van der Waals surface area (Å²) in [5.74, 6) is 0.515. The van der Waals surface area contributed by atoms with Crippen LogP contribution in [0.25, 0.3) is 0 Å². The molecule has 2 aliphatic heterocycles. The summed E-state index contributed by atoms with van der Waals surface area (Å²) in [6, 6.07) is 0.247. The Labute approximate surface area is 84.6 Å². The summed E-state index contributed by atoms with van der Waals surface area (Å²) in [6.07, 6.45) is 0.989. The Morgan fingerprint density at radius 2 is 2.43 bits per heavy atom. The fourth-order valence-corrected chi connectivity index (χ4v) is 2.15. The SMILES string of the molecule is C[C@@H]1COCCN1C(=O)C1CCNC1. The summed E-state index contributed by atoms with van der Waals surface area (Å²) in [5.41, 5.74) is 0. The first kappa shape index (κ1) is 9.93. The number of morpholine rings is 1. The molecule has 4 nitrogen and oxygen atoms in total. The Bertz CT molecular complexity index is 214. The van der Waals surface area contributed by atoms with Crippen molar-refractivity contribution < 1.29 is 9.53 Å². The van der Waals surface area contributed by atoms with Crippen LogP contribution in [-0.2, 0) is 9.53 Å². The summed E-state index contributed by atoms with van der Waals surface area (Å²) in [5, 5.41) is 3.23. The van der Waals surface area contributed by atoms with E-state index in [1.165, 1.54) is 0 Å². The lowest BCUT2D eigenvalue weighted by Crippen LogP contribution is -2.49. The van der Waals surface area contributed by atoms with Crippen LogP contribution in [0.4, 0.5) is 0 Å². The van der Waals surface area contributed by atoms with E-state index in [4.69, 9.17) is 4.74 Å². The van der Waals surface area contributed by atoms with Crippen molar-refractivity contribution in [3.8, 4) is 0 Å². The Hall–Kier alpha value is -0.610. The van der Waals surface area contributed by atoms with E-state index >= 15 is 0 Å². The monoisotopic (exact) mass is 198 g/mol. The maximum Gasteiger partial charge on any atom is 0.227 e. The number of nitrogens with one attached hydrogen (secondary N) is 1. The van der Waals surface area contributed by atoms with E-state index < -0.39 is 0 Å². The van der Waals surface area contributed by atoms with E-state index in [0.29, 0.717) is 19.1 Å². The lowest BCUT2D eigenvalue weighted by atomic mass is 10.1. The molecule has 2 fully saturated rings. The average Bonchev–Trinajstić information content (AvgIpc) is 2.70. The van der Waals surface area contributed by atoms with E-state index in [9.17, 15) is 4.79 Å². The molecule has 0 bridgehead atoms. The second-order valence-corrected chi connectivity index (χ2v) is 4.15. The minimum absolute atomic E-state index is 0.204. The molecule has 1 amide bonds. The van der Waals surface area contributed by atoms with Crippen LogP contribution in [0.3, 0.4) is 0 Å². The van der Waals surface area contributed by atoms with Gasteiger partial charge in [-0.3, -0.25) is 4.79 Å². The van der Waals surface area contributed by atoms with Crippen LogP contribution in [-0.4, -0.2) is 49.7 Å². The van der Waals surface area contributed by atoms with Crippen LogP contribution in [0.2, 0.25) is 0 Å². The number of hydrogen-bond acceptors (Lipinski definition) is 3. The number of carbonyl (C=O) groups excluding carboxylic acids is 1. The largest absolute Gasteiger partial charge is 0.377 e. The maximum absolute atomic E-state index is 12.0. The minimum Gasteiger partial charge on any atom is -0.377 e. The molecular formula is C10H18N2O2. The molecule has 0 aromatic heterocycles. The van der Waals surface area contributed by atoms with Gasteiger partial charge in [-0.2, -0.15) is 0 Å². The number of carbonyl (C=O) groups is 1. The molecule has 1 N–H and O–H groups in total. The van der Waals surface area contributed by atoms with E-state index in [1.54, 1.807) is 0 Å². The first-order valence-electron chi connectivity index (χ1n) is 5.38. The van der Waals surface area contributed by atoms with Crippen molar-refractivity contribution in [2.75, 3.05) is 32.8 Å². The van der Waals surface area contributed by atoms with Crippen LogP contribution < -0.4 is 5.32 Å². The van der Waals surface area contributed by atoms with Crippen molar-refractivity contribution in [3.05, 3.63) is 0 Å². The van der Waals surface area contributed by atoms with Gasteiger partial charge >= 0.3 is 0 Å². The third-order valence-electron chi connectivity index (χ3n) is 3.06. The standard InChI is InChI=1S/C10H18N2O2/c1-8-7-14-5-4-12(8)10(13)9-2-3-11-6-9/h8-9,11H,2-7H2,1H3/t8-,9?/m1/s1. The molecule has 2 atom stereocenters. The highest BCUT2D eigenvalue weighted by atomic mass is 16.5. The van der Waals surface area contributed by atoms with Gasteiger partial charge in [-0.1, -0.05) is 0 Å². The van der Waals surface area contributed by atoms with Crippen LogP contribution in [0.5, 0.6) is 0 Å². The summed E-state index contributed by atoms with van der Waals surface area (Å²) < 4.78 is 5.32. The van der Waals surface area contributed by atoms with Gasteiger partial charge < -0.3 is 15.0 Å². The second-order valence-electron chi connectivity index (χ2n) is 4.15. The third kappa shape index (κ3) is 1.91. The van der Waals surface area contributed by atoms with Gasteiger partial charge in [-0.25, -0.2) is 0 Å². The predicted octanol–water partition coefficient (Wildman–Crippen LogP) is -0.157. The Morgan fingerprint density at radius 3 is 3.07 bits per heavy atom. The van der Waals surface area contributed by atoms with Crippen LogP contribution in [0.1, 0.15) is 13.3 Å². The molecule has 2 heterocycles. The second kappa shape index (κ2) is 4.28. The Kier molecular flexibility index (Phi) is 3.03. The van der Waals surface area contributed by atoms with Crippen molar-refractivity contribution in [2.45, 2.75) is 19.4 Å². The van der Waals surface area contributed by atoms with E-state index in [0.717, 1.165) is 26.1 Å². The Balaban J connectivity index is 1.94. The summed E-state index contributed by atoms with van der Waals surface area (Å²) in [6.45, 7) is 6.02. The molecule has 2 aliphatic rings. The quantitative estimate of drug-likeness (QED) is 0.637. The molecule has 2 saturated heterocycles. The normalized spacial score (nSPS) is 33.4. The van der Waals surface area contributed by atoms with Gasteiger partial charge in [-0.05, 0) is 19.9 Å². The number of rotatable bonds is 1. The highest BCUT2D eigenvalue weighted by molar-refractivity contribution is 5.79. The highest BCUT2D eigenvalue weighted by Gasteiger charge is 2.31. The van der Waals surface area contributed by atoms with Gasteiger partial charge in [0, 0.05) is 13.1 Å². The van der Waals surface area contributed by atoms with Crippen molar-refractivity contribution in [2.24, 2.45) is 5.92 Å². The van der Waals surface area contributed by atoms with E-state index in [1.807, 2.05) is 4.90 Å². The highest BCUT2D eigenvalue weighted by Crippen LogP contribution is 2.15. The van der Waals surface area contributed by atoms with Gasteiger partial charge in [-0.15, -0.1) is 0 Å². The first-order valence-corrected chi connectivity index (χ1v) is 5.38. The van der Waals surface area contributed by atoms with Crippen LogP contribution in [0, 0.1) is 5.92 Å². The van der Waals surface area contributed by atoms with Gasteiger partial charge in [0.05, 0.1) is 25.2 Å². The molecule has 0 spiro atoms. The number of ether oxygens (including phenoxy) is 1. The van der Waals surface area contributed by atoms with Crippen molar-refractivity contribution in [1.29, 1.82) is 0 Å². The molecule has 80 valence electrons. The smallest absolute Gasteiger partial charge is 0.227 e. The number of hydrogen-bond donors (Lipinski definition) is 1. The first-order chi connectivity index (χ1) is 6.79. The number of nitrogens with zero attached hydrogens (tertiary/aromatic N) is 1. The van der Waals surface area contributed by atoms with Gasteiger partial charge in [0.25, 0.3) is 0 Å².